The molecule has 1 aromatic heterocycles. The minimum Gasteiger partial charge on any atom is -0.410 e. The van der Waals surface area contributed by atoms with E-state index < -0.39 is 21.1 Å². The van der Waals surface area contributed by atoms with Gasteiger partial charge >= 0.3 is 5.22 Å². The lowest BCUT2D eigenvalue weighted by molar-refractivity contribution is -0.122. The second-order valence-electron chi connectivity index (χ2n) is 5.53. The molecule has 0 aliphatic heterocycles. The largest absolute Gasteiger partial charge is 0.410 e. The highest BCUT2D eigenvalue weighted by Gasteiger charge is 2.24. The van der Waals surface area contributed by atoms with Crippen LogP contribution in [0.3, 0.4) is 0 Å². The SMILES string of the molecule is CCCCC(=O)N[C@@H](CC(C)C)c1nnc(S(C)(=O)=O)o1. The number of rotatable bonds is 8. The molecule has 0 aromatic carbocycles. The summed E-state index contributed by atoms with van der Waals surface area (Å²) >= 11 is 0. The van der Waals surface area contributed by atoms with Gasteiger partial charge in [0.05, 0.1) is 0 Å². The Kier molecular flexibility index (Phi) is 6.32. The quantitative estimate of drug-likeness (QED) is 0.785. The van der Waals surface area contributed by atoms with Crippen LogP contribution in [0.25, 0.3) is 0 Å². The number of nitrogens with zero attached hydrogens (tertiary/aromatic N) is 2. The molecule has 120 valence electrons. The van der Waals surface area contributed by atoms with Crippen LogP contribution in [0.1, 0.15) is 58.4 Å². The van der Waals surface area contributed by atoms with Crippen molar-refractivity contribution in [2.24, 2.45) is 5.92 Å². The van der Waals surface area contributed by atoms with E-state index >= 15 is 0 Å². The summed E-state index contributed by atoms with van der Waals surface area (Å²) in [6.45, 7) is 6.01. The zero-order valence-electron chi connectivity index (χ0n) is 12.9. The van der Waals surface area contributed by atoms with Gasteiger partial charge in [-0.1, -0.05) is 32.3 Å². The van der Waals surface area contributed by atoms with Crippen molar-refractivity contribution in [3.8, 4) is 0 Å². The van der Waals surface area contributed by atoms with Gasteiger partial charge in [-0.2, -0.15) is 0 Å². The van der Waals surface area contributed by atoms with Crippen LogP contribution in [0.4, 0.5) is 0 Å². The third-order valence-corrected chi connectivity index (χ3v) is 3.64. The number of unbranched alkanes of at least 4 members (excludes halogenated alkanes) is 1. The molecule has 0 spiro atoms. The molecule has 0 aliphatic carbocycles. The number of carbonyl (C=O) groups excluding carboxylic acids is 1. The number of nitrogens with one attached hydrogen (secondary N) is 1. The Bertz CT molecular complexity index is 566. The summed E-state index contributed by atoms with van der Waals surface area (Å²) in [6, 6.07) is -0.461. The van der Waals surface area contributed by atoms with Gasteiger partial charge in [-0.15, -0.1) is 5.10 Å². The lowest BCUT2D eigenvalue weighted by atomic mass is 10.0. The van der Waals surface area contributed by atoms with Crippen molar-refractivity contribution in [2.45, 2.75) is 57.7 Å². The maximum atomic E-state index is 11.9. The van der Waals surface area contributed by atoms with Crippen molar-refractivity contribution in [2.75, 3.05) is 6.26 Å². The van der Waals surface area contributed by atoms with Gasteiger partial charge in [-0.05, 0) is 18.8 Å². The van der Waals surface area contributed by atoms with Crippen molar-refractivity contribution < 1.29 is 17.6 Å². The fourth-order valence-corrected chi connectivity index (χ4v) is 2.23. The first-order valence-corrected chi connectivity index (χ1v) is 8.96. The van der Waals surface area contributed by atoms with Crippen LogP contribution in [0.15, 0.2) is 9.64 Å². The first-order valence-electron chi connectivity index (χ1n) is 7.06. The van der Waals surface area contributed by atoms with Gasteiger partial charge in [-0.3, -0.25) is 4.79 Å². The second kappa shape index (κ2) is 7.53. The summed E-state index contributed by atoms with van der Waals surface area (Å²) in [5.41, 5.74) is 0. The van der Waals surface area contributed by atoms with E-state index in [2.05, 4.69) is 15.5 Å². The molecule has 1 atom stereocenters. The Morgan fingerprint density at radius 3 is 2.48 bits per heavy atom. The lowest BCUT2D eigenvalue weighted by Crippen LogP contribution is -2.29. The van der Waals surface area contributed by atoms with Crippen LogP contribution in [-0.4, -0.2) is 30.8 Å². The molecular formula is C13H23N3O4S. The predicted octanol–water partition coefficient (Wildman–Crippen LogP) is 1.87. The lowest BCUT2D eigenvalue weighted by Gasteiger charge is -2.17. The molecule has 1 heterocycles. The van der Waals surface area contributed by atoms with Crippen LogP contribution in [0.2, 0.25) is 0 Å². The molecule has 21 heavy (non-hydrogen) atoms. The van der Waals surface area contributed by atoms with E-state index in [0.717, 1.165) is 19.1 Å². The smallest absolute Gasteiger partial charge is 0.335 e. The Morgan fingerprint density at radius 1 is 1.33 bits per heavy atom. The molecule has 1 amide bonds. The van der Waals surface area contributed by atoms with Crippen LogP contribution >= 0.6 is 0 Å². The molecule has 1 N–H and O–H groups in total. The van der Waals surface area contributed by atoms with Crippen molar-refractivity contribution in [3.63, 3.8) is 0 Å². The zero-order valence-corrected chi connectivity index (χ0v) is 13.7. The molecule has 0 saturated carbocycles. The molecule has 1 rings (SSSR count). The molecule has 7 nitrogen and oxygen atoms in total. The molecule has 0 bridgehead atoms. The van der Waals surface area contributed by atoms with Crippen LogP contribution in [0, 0.1) is 5.92 Å². The van der Waals surface area contributed by atoms with Crippen molar-refractivity contribution in [1.29, 1.82) is 0 Å². The van der Waals surface area contributed by atoms with Gasteiger partial charge in [0.25, 0.3) is 0 Å². The van der Waals surface area contributed by atoms with E-state index in [1.165, 1.54) is 0 Å². The van der Waals surface area contributed by atoms with Gasteiger partial charge in [0.15, 0.2) is 0 Å². The molecular weight excluding hydrogens is 294 g/mol. The van der Waals surface area contributed by atoms with Gasteiger partial charge in [-0.25, -0.2) is 8.42 Å². The minimum absolute atomic E-state index is 0.0957. The second-order valence-corrected chi connectivity index (χ2v) is 7.43. The number of hydrogen-bond acceptors (Lipinski definition) is 6. The highest BCUT2D eigenvalue weighted by atomic mass is 32.2. The van der Waals surface area contributed by atoms with E-state index in [9.17, 15) is 13.2 Å². The Hall–Kier alpha value is -1.44. The third-order valence-electron chi connectivity index (χ3n) is 2.84. The van der Waals surface area contributed by atoms with E-state index in [4.69, 9.17) is 4.42 Å². The fourth-order valence-electron chi connectivity index (χ4n) is 1.81. The summed E-state index contributed by atoms with van der Waals surface area (Å²) in [6.07, 6.45) is 3.77. The van der Waals surface area contributed by atoms with Crippen molar-refractivity contribution in [1.82, 2.24) is 15.5 Å². The van der Waals surface area contributed by atoms with Crippen LogP contribution < -0.4 is 5.32 Å². The van der Waals surface area contributed by atoms with E-state index in [1.54, 1.807) is 0 Å². The van der Waals surface area contributed by atoms with Gasteiger partial charge in [0, 0.05) is 12.7 Å². The Morgan fingerprint density at radius 2 is 2.00 bits per heavy atom. The number of amides is 1. The summed E-state index contributed by atoms with van der Waals surface area (Å²) in [7, 11) is -3.54. The number of hydrogen-bond donors (Lipinski definition) is 1. The molecule has 1 aromatic rings. The summed E-state index contributed by atoms with van der Waals surface area (Å²) in [4.78, 5) is 11.9. The molecule has 0 unspecified atom stereocenters. The van der Waals surface area contributed by atoms with Crippen molar-refractivity contribution in [3.05, 3.63) is 5.89 Å². The molecule has 8 heteroatoms. The molecule has 0 aliphatic rings. The average Bonchev–Trinajstić information content (AvgIpc) is 2.84. The highest BCUT2D eigenvalue weighted by Crippen LogP contribution is 2.21. The van der Waals surface area contributed by atoms with Gasteiger partial charge < -0.3 is 9.73 Å². The average molecular weight is 317 g/mol. The highest BCUT2D eigenvalue weighted by molar-refractivity contribution is 7.90. The Balaban J connectivity index is 2.87. The monoisotopic (exact) mass is 317 g/mol. The third kappa shape index (κ3) is 5.82. The summed E-state index contributed by atoms with van der Waals surface area (Å²) in [5, 5.41) is 9.70. The minimum atomic E-state index is -3.54. The topological polar surface area (TPSA) is 102 Å². The first-order chi connectivity index (χ1) is 9.74. The number of aromatic nitrogens is 2. The first kappa shape index (κ1) is 17.6. The number of carbonyl (C=O) groups is 1. The van der Waals surface area contributed by atoms with Crippen molar-refractivity contribution >= 4 is 15.7 Å². The standard InChI is InChI=1S/C13H23N3O4S/c1-5-6-7-11(17)14-10(8-9(2)3)12-15-16-13(20-12)21(4,18)19/h9-10H,5-8H2,1-4H3,(H,14,17)/t10-/m0/s1. The molecule has 0 radical (unpaired) electrons. The summed E-state index contributed by atoms with van der Waals surface area (Å²) < 4.78 is 27.9. The maximum Gasteiger partial charge on any atom is 0.335 e. The molecule has 0 fully saturated rings. The normalized spacial score (nSPS) is 13.4. The fraction of sp³-hybridized carbons (Fsp3) is 0.769. The van der Waals surface area contributed by atoms with Crippen LogP contribution in [-0.2, 0) is 14.6 Å². The maximum absolute atomic E-state index is 11.9. The summed E-state index contributed by atoms with van der Waals surface area (Å²) in [5.74, 6) is 0.325. The van der Waals surface area contributed by atoms with E-state index in [1.807, 2.05) is 20.8 Å². The Labute approximate surface area is 125 Å². The zero-order chi connectivity index (χ0) is 16.0. The van der Waals surface area contributed by atoms with E-state index in [-0.39, 0.29) is 17.7 Å². The molecule has 0 saturated heterocycles. The van der Waals surface area contributed by atoms with Gasteiger partial charge in [0.2, 0.25) is 21.6 Å². The number of sulfone groups is 1. The van der Waals surface area contributed by atoms with Crippen LogP contribution in [0.5, 0.6) is 0 Å². The van der Waals surface area contributed by atoms with Gasteiger partial charge in [0.1, 0.15) is 6.04 Å². The predicted molar refractivity (Wildman–Crippen MR) is 77.3 cm³/mol. The van der Waals surface area contributed by atoms with E-state index in [0.29, 0.717) is 12.8 Å².